The predicted molar refractivity (Wildman–Crippen MR) is 73.7 cm³/mol. The van der Waals surface area contributed by atoms with Crippen LogP contribution >= 0.6 is 27.5 Å². The van der Waals surface area contributed by atoms with Crippen molar-refractivity contribution in [3.63, 3.8) is 0 Å². The fourth-order valence-electron chi connectivity index (χ4n) is 1.44. The van der Waals surface area contributed by atoms with E-state index < -0.39 is 0 Å². The quantitative estimate of drug-likeness (QED) is 0.907. The number of nitrogens with zero attached hydrogens (tertiary/aromatic N) is 2. The van der Waals surface area contributed by atoms with Crippen molar-refractivity contribution in [2.75, 3.05) is 5.32 Å². The first-order chi connectivity index (χ1) is 8.11. The molecule has 0 saturated heterocycles. The third-order valence-electron chi connectivity index (χ3n) is 2.34. The molecule has 0 aliphatic carbocycles. The van der Waals surface area contributed by atoms with E-state index in [0.29, 0.717) is 5.56 Å². The molecule has 0 saturated carbocycles. The van der Waals surface area contributed by atoms with Gasteiger partial charge in [0.05, 0.1) is 11.4 Å². The molecule has 1 aromatic carbocycles. The van der Waals surface area contributed by atoms with Gasteiger partial charge in [0, 0.05) is 4.47 Å². The Morgan fingerprint density at radius 1 is 1.41 bits per heavy atom. The van der Waals surface area contributed by atoms with Gasteiger partial charge < -0.3 is 5.32 Å². The van der Waals surface area contributed by atoms with Crippen LogP contribution in [-0.4, -0.2) is 4.37 Å². The van der Waals surface area contributed by atoms with E-state index in [9.17, 15) is 0 Å². The van der Waals surface area contributed by atoms with Crippen LogP contribution in [0.15, 0.2) is 22.7 Å². The Balaban J connectivity index is 2.38. The van der Waals surface area contributed by atoms with E-state index in [2.05, 4.69) is 31.7 Å². The monoisotopic (exact) mass is 307 g/mol. The Kier molecular flexibility index (Phi) is 3.46. The molecule has 0 aliphatic heterocycles. The second kappa shape index (κ2) is 4.86. The second-order valence-corrected chi connectivity index (χ2v) is 5.32. The molecule has 1 aromatic heterocycles. The zero-order valence-electron chi connectivity index (χ0n) is 9.41. The lowest BCUT2D eigenvalue weighted by molar-refractivity contribution is 1.31. The van der Waals surface area contributed by atoms with Crippen LogP contribution in [0.3, 0.4) is 0 Å². The van der Waals surface area contributed by atoms with Crippen molar-refractivity contribution in [2.45, 2.75) is 13.8 Å². The summed E-state index contributed by atoms with van der Waals surface area (Å²) in [7, 11) is 0. The van der Waals surface area contributed by atoms with E-state index in [1.807, 2.05) is 32.0 Å². The molecular weight excluding hydrogens is 298 g/mol. The Morgan fingerprint density at radius 3 is 2.88 bits per heavy atom. The summed E-state index contributed by atoms with van der Waals surface area (Å²) in [6.07, 6.45) is 0. The fraction of sp³-hybridized carbons (Fsp3) is 0.167. The number of hydrogen-bond donors (Lipinski definition) is 1. The van der Waals surface area contributed by atoms with Gasteiger partial charge in [0.2, 0.25) is 0 Å². The van der Waals surface area contributed by atoms with E-state index in [0.717, 1.165) is 26.4 Å². The van der Waals surface area contributed by atoms with Gasteiger partial charge in [-0.3, -0.25) is 0 Å². The lowest BCUT2D eigenvalue weighted by Crippen LogP contribution is -1.92. The molecule has 86 valence electrons. The summed E-state index contributed by atoms with van der Waals surface area (Å²) in [5.74, 6) is 0. The maximum atomic E-state index is 9.06. The highest BCUT2D eigenvalue weighted by Crippen LogP contribution is 2.31. The molecule has 0 atom stereocenters. The van der Waals surface area contributed by atoms with Crippen molar-refractivity contribution in [1.82, 2.24) is 4.37 Å². The molecule has 0 radical (unpaired) electrons. The van der Waals surface area contributed by atoms with Crippen LogP contribution in [0.2, 0.25) is 0 Å². The number of halogens is 1. The molecule has 1 N–H and O–H groups in total. The smallest absolute Gasteiger partial charge is 0.132 e. The van der Waals surface area contributed by atoms with Crippen LogP contribution in [0.4, 0.5) is 10.7 Å². The van der Waals surface area contributed by atoms with Gasteiger partial charge in [0.15, 0.2) is 0 Å². The molecule has 0 bridgehead atoms. The number of aryl methyl sites for hydroxylation is 2. The largest absolute Gasteiger partial charge is 0.344 e. The highest BCUT2D eigenvalue weighted by Gasteiger charge is 2.11. The molecule has 0 amide bonds. The number of benzene rings is 1. The minimum absolute atomic E-state index is 0.614. The van der Waals surface area contributed by atoms with Crippen molar-refractivity contribution >= 4 is 38.2 Å². The summed E-state index contributed by atoms with van der Waals surface area (Å²) in [6.45, 7) is 3.87. The Labute approximate surface area is 112 Å². The molecule has 3 nitrogen and oxygen atoms in total. The van der Waals surface area contributed by atoms with E-state index in [-0.39, 0.29) is 0 Å². The number of nitrogens with one attached hydrogen (secondary N) is 1. The molecule has 17 heavy (non-hydrogen) atoms. The lowest BCUT2D eigenvalue weighted by Gasteiger charge is -2.07. The summed E-state index contributed by atoms with van der Waals surface area (Å²) in [6, 6.07) is 8.21. The van der Waals surface area contributed by atoms with Gasteiger partial charge in [-0.2, -0.15) is 9.64 Å². The SMILES string of the molecule is Cc1ccc(Br)c(Nc2snc(C)c2C#N)c1. The van der Waals surface area contributed by atoms with E-state index in [1.54, 1.807) is 0 Å². The van der Waals surface area contributed by atoms with Crippen molar-refractivity contribution in [3.8, 4) is 6.07 Å². The fourth-order valence-corrected chi connectivity index (χ4v) is 2.55. The van der Waals surface area contributed by atoms with E-state index in [4.69, 9.17) is 5.26 Å². The van der Waals surface area contributed by atoms with Gasteiger partial charge in [-0.1, -0.05) is 6.07 Å². The lowest BCUT2D eigenvalue weighted by atomic mass is 10.2. The normalized spacial score (nSPS) is 10.0. The van der Waals surface area contributed by atoms with Gasteiger partial charge in [-0.25, -0.2) is 0 Å². The maximum absolute atomic E-state index is 9.06. The zero-order chi connectivity index (χ0) is 12.4. The number of hydrogen-bond acceptors (Lipinski definition) is 4. The van der Waals surface area contributed by atoms with Gasteiger partial charge in [0.25, 0.3) is 0 Å². The molecule has 0 aliphatic rings. The van der Waals surface area contributed by atoms with Crippen LogP contribution in [0.5, 0.6) is 0 Å². The van der Waals surface area contributed by atoms with Crippen molar-refractivity contribution in [2.24, 2.45) is 0 Å². The summed E-state index contributed by atoms with van der Waals surface area (Å²) in [5.41, 5.74) is 3.49. The van der Waals surface area contributed by atoms with Crippen molar-refractivity contribution in [3.05, 3.63) is 39.5 Å². The average molecular weight is 308 g/mol. The maximum Gasteiger partial charge on any atom is 0.132 e. The topological polar surface area (TPSA) is 48.7 Å². The van der Waals surface area contributed by atoms with E-state index in [1.165, 1.54) is 11.5 Å². The number of rotatable bonds is 2. The third kappa shape index (κ3) is 2.48. The summed E-state index contributed by atoms with van der Waals surface area (Å²) in [5, 5.41) is 13.1. The summed E-state index contributed by atoms with van der Waals surface area (Å²) in [4.78, 5) is 0. The highest BCUT2D eigenvalue weighted by molar-refractivity contribution is 9.10. The van der Waals surface area contributed by atoms with Crippen LogP contribution < -0.4 is 5.32 Å². The Morgan fingerprint density at radius 2 is 2.18 bits per heavy atom. The second-order valence-electron chi connectivity index (χ2n) is 3.69. The average Bonchev–Trinajstić information content (AvgIpc) is 2.64. The molecule has 1 heterocycles. The summed E-state index contributed by atoms with van der Waals surface area (Å²) < 4.78 is 5.15. The first kappa shape index (κ1) is 12.1. The first-order valence-electron chi connectivity index (χ1n) is 5.01. The van der Waals surface area contributed by atoms with Gasteiger partial charge >= 0.3 is 0 Å². The van der Waals surface area contributed by atoms with Crippen LogP contribution in [0.1, 0.15) is 16.8 Å². The standard InChI is InChI=1S/C12H10BrN3S/c1-7-3-4-10(13)11(5-7)15-12-9(6-14)8(2)16-17-12/h3-5,15H,1-2H3. The van der Waals surface area contributed by atoms with Crippen molar-refractivity contribution in [1.29, 1.82) is 5.26 Å². The Hall–Kier alpha value is -1.38. The van der Waals surface area contributed by atoms with E-state index >= 15 is 0 Å². The zero-order valence-corrected chi connectivity index (χ0v) is 11.8. The van der Waals surface area contributed by atoms with Crippen molar-refractivity contribution < 1.29 is 0 Å². The third-order valence-corrected chi connectivity index (χ3v) is 3.89. The summed E-state index contributed by atoms with van der Waals surface area (Å²) >= 11 is 4.79. The molecule has 0 unspecified atom stereocenters. The predicted octanol–water partition coefficient (Wildman–Crippen LogP) is 4.14. The number of anilines is 2. The number of nitriles is 1. The van der Waals surface area contributed by atoms with Crippen LogP contribution in [0.25, 0.3) is 0 Å². The van der Waals surface area contributed by atoms with Gasteiger partial charge in [0.1, 0.15) is 16.6 Å². The number of aromatic nitrogens is 1. The molecular formula is C12H10BrN3S. The minimum atomic E-state index is 0.614. The Bertz CT molecular complexity index is 598. The highest BCUT2D eigenvalue weighted by atomic mass is 79.9. The molecule has 2 rings (SSSR count). The molecule has 0 fully saturated rings. The molecule has 5 heteroatoms. The molecule has 2 aromatic rings. The molecule has 0 spiro atoms. The van der Waals surface area contributed by atoms with Gasteiger partial charge in [-0.15, -0.1) is 0 Å². The van der Waals surface area contributed by atoms with Crippen LogP contribution in [-0.2, 0) is 0 Å². The van der Waals surface area contributed by atoms with Crippen LogP contribution in [0, 0.1) is 25.2 Å². The van der Waals surface area contributed by atoms with Gasteiger partial charge in [-0.05, 0) is 59.0 Å². The minimum Gasteiger partial charge on any atom is -0.344 e. The first-order valence-corrected chi connectivity index (χ1v) is 6.58.